The van der Waals surface area contributed by atoms with E-state index in [4.69, 9.17) is 9.97 Å². The zero-order chi connectivity index (χ0) is 23.7. The van der Waals surface area contributed by atoms with Gasteiger partial charge in [0.25, 0.3) is 0 Å². The first-order chi connectivity index (χ1) is 16.3. The molecule has 2 saturated heterocycles. The average Bonchev–Trinajstić information content (AvgIpc) is 3.28. The largest absolute Gasteiger partial charge is 0.351 e. The smallest absolute Gasteiger partial charge is 0.223 e. The Morgan fingerprint density at radius 3 is 2.74 bits per heavy atom. The lowest BCUT2D eigenvalue weighted by molar-refractivity contribution is 0.263. The fraction of sp³-hybridized carbons (Fsp3) is 0.565. The molecule has 1 atom stereocenters. The highest BCUT2D eigenvalue weighted by Gasteiger charge is 2.28. The molecule has 0 aliphatic carbocycles. The van der Waals surface area contributed by atoms with Crippen molar-refractivity contribution in [2.75, 3.05) is 44.8 Å². The Balaban J connectivity index is 1.44. The highest BCUT2D eigenvalue weighted by Crippen LogP contribution is 2.28. The molecule has 2 fully saturated rings. The second-order valence-electron chi connectivity index (χ2n) is 9.58. The van der Waals surface area contributed by atoms with Crippen LogP contribution in [0.2, 0.25) is 0 Å². The van der Waals surface area contributed by atoms with Crippen LogP contribution < -0.4 is 5.32 Å². The van der Waals surface area contributed by atoms with Gasteiger partial charge in [0.2, 0.25) is 16.0 Å². The predicted molar refractivity (Wildman–Crippen MR) is 132 cm³/mol. The average molecular weight is 485 g/mol. The molecule has 0 amide bonds. The van der Waals surface area contributed by atoms with Crippen molar-refractivity contribution in [2.24, 2.45) is 5.92 Å². The van der Waals surface area contributed by atoms with E-state index in [0.717, 1.165) is 66.9 Å². The third-order valence-electron chi connectivity index (χ3n) is 6.89. The Kier molecular flexibility index (Phi) is 6.50. The lowest BCUT2D eigenvalue weighted by Gasteiger charge is -2.31. The van der Waals surface area contributed by atoms with Gasteiger partial charge in [-0.15, -0.1) is 0 Å². The Hall–Kier alpha value is -2.63. The van der Waals surface area contributed by atoms with E-state index in [-0.39, 0.29) is 5.92 Å². The molecule has 2 N–H and O–H groups in total. The van der Waals surface area contributed by atoms with Crippen molar-refractivity contribution in [1.82, 2.24) is 34.1 Å². The summed E-state index contributed by atoms with van der Waals surface area (Å²) in [7, 11) is -1.06. The topological polar surface area (TPSA) is 120 Å². The van der Waals surface area contributed by atoms with Crippen LogP contribution in [0, 0.1) is 5.92 Å². The van der Waals surface area contributed by atoms with Crippen LogP contribution >= 0.6 is 0 Å². The number of anilines is 1. The molecule has 0 saturated carbocycles. The van der Waals surface area contributed by atoms with E-state index in [1.54, 1.807) is 10.5 Å². The molecule has 0 bridgehead atoms. The normalized spacial score (nSPS) is 21.2. The fourth-order valence-corrected chi connectivity index (χ4v) is 5.86. The number of nitrogens with one attached hydrogen (secondary N) is 2. The Morgan fingerprint density at radius 1 is 1.12 bits per heavy atom. The van der Waals surface area contributed by atoms with Crippen LogP contribution in [0.3, 0.4) is 0 Å². The Morgan fingerprint density at radius 2 is 1.94 bits per heavy atom. The maximum atomic E-state index is 12.1. The summed E-state index contributed by atoms with van der Waals surface area (Å²) >= 11 is 0. The lowest BCUT2D eigenvalue weighted by atomic mass is 9.92. The van der Waals surface area contributed by atoms with Crippen molar-refractivity contribution in [1.29, 1.82) is 0 Å². The molecule has 3 aromatic rings. The van der Waals surface area contributed by atoms with Gasteiger partial charge >= 0.3 is 0 Å². The zero-order valence-electron chi connectivity index (χ0n) is 19.7. The van der Waals surface area contributed by atoms with Crippen molar-refractivity contribution < 1.29 is 8.42 Å². The standard InChI is InChI=1S/C23H32N8O2S/c1-30-10-6-17(7-11-30)27-23-26-13-18(21-14-25-22-19(28-21)5-8-24-22)20(29-23)12-16-4-3-9-31(15-16)34(2,32)33/h5,8,13-14,16-17H,3-4,6-7,9-12,15H2,1-2H3,(H,24,25)(H,26,27,29)/t16-/m1/s1. The van der Waals surface area contributed by atoms with Crippen molar-refractivity contribution in [3.05, 3.63) is 30.4 Å². The van der Waals surface area contributed by atoms with E-state index in [0.29, 0.717) is 31.5 Å². The Bertz CT molecular complexity index is 1250. The second-order valence-corrected chi connectivity index (χ2v) is 11.6. The molecule has 0 aromatic carbocycles. The lowest BCUT2D eigenvalue weighted by Crippen LogP contribution is -2.40. The predicted octanol–water partition coefficient (Wildman–Crippen LogP) is 2.14. The highest BCUT2D eigenvalue weighted by molar-refractivity contribution is 7.88. The quantitative estimate of drug-likeness (QED) is 0.546. The molecule has 5 rings (SSSR count). The van der Waals surface area contributed by atoms with Gasteiger partial charge in [-0.2, -0.15) is 0 Å². The fourth-order valence-electron chi connectivity index (χ4n) is 4.92. The number of fused-ring (bicyclic) bond motifs is 1. The summed E-state index contributed by atoms with van der Waals surface area (Å²) in [6, 6.07) is 2.24. The van der Waals surface area contributed by atoms with Crippen LogP contribution in [0.1, 0.15) is 31.4 Å². The summed E-state index contributed by atoms with van der Waals surface area (Å²) in [6.07, 6.45) is 11.3. The van der Waals surface area contributed by atoms with Crippen molar-refractivity contribution in [3.63, 3.8) is 0 Å². The minimum atomic E-state index is -3.20. The third-order valence-corrected chi connectivity index (χ3v) is 8.16. The van der Waals surface area contributed by atoms with Crippen LogP contribution in [0.15, 0.2) is 24.7 Å². The molecule has 182 valence electrons. The number of likely N-dealkylation sites (tertiary alicyclic amines) is 1. The molecule has 5 heterocycles. The Labute approximate surface area is 200 Å². The molecular formula is C23H32N8O2S. The number of piperidine rings is 2. The van der Waals surface area contributed by atoms with Gasteiger partial charge in [0.15, 0.2) is 5.65 Å². The summed E-state index contributed by atoms with van der Waals surface area (Å²) in [6.45, 7) is 3.21. The molecule has 10 nitrogen and oxygen atoms in total. The first kappa shape index (κ1) is 23.1. The van der Waals surface area contributed by atoms with Crippen molar-refractivity contribution in [2.45, 2.75) is 38.1 Å². The van der Waals surface area contributed by atoms with Gasteiger partial charge < -0.3 is 15.2 Å². The molecule has 2 aliphatic heterocycles. The molecule has 0 radical (unpaired) electrons. The van der Waals surface area contributed by atoms with Gasteiger partial charge in [-0.1, -0.05) is 0 Å². The van der Waals surface area contributed by atoms with Crippen LogP contribution in [0.5, 0.6) is 0 Å². The molecule has 3 aromatic heterocycles. The van der Waals surface area contributed by atoms with Crippen molar-refractivity contribution in [3.8, 4) is 11.3 Å². The number of nitrogens with zero attached hydrogens (tertiary/aromatic N) is 6. The monoisotopic (exact) mass is 484 g/mol. The molecule has 34 heavy (non-hydrogen) atoms. The first-order valence-corrected chi connectivity index (χ1v) is 13.8. The number of H-pyrrole nitrogens is 1. The summed E-state index contributed by atoms with van der Waals surface area (Å²) in [5.74, 6) is 0.817. The maximum Gasteiger partial charge on any atom is 0.223 e. The van der Waals surface area contributed by atoms with E-state index in [1.807, 2.05) is 18.5 Å². The second kappa shape index (κ2) is 9.55. The first-order valence-electron chi connectivity index (χ1n) is 11.9. The summed E-state index contributed by atoms with van der Waals surface area (Å²) in [5.41, 5.74) is 3.99. The maximum absolute atomic E-state index is 12.1. The molecule has 2 aliphatic rings. The minimum Gasteiger partial charge on any atom is -0.351 e. The van der Waals surface area contributed by atoms with E-state index >= 15 is 0 Å². The molecular weight excluding hydrogens is 452 g/mol. The van der Waals surface area contributed by atoms with Gasteiger partial charge in [0, 0.05) is 37.1 Å². The van der Waals surface area contributed by atoms with Crippen LogP contribution in [0.25, 0.3) is 22.4 Å². The number of rotatable bonds is 6. The van der Waals surface area contributed by atoms with Gasteiger partial charge in [-0.05, 0) is 64.2 Å². The summed E-state index contributed by atoms with van der Waals surface area (Å²) in [5, 5.41) is 3.52. The third kappa shape index (κ3) is 5.21. The summed E-state index contributed by atoms with van der Waals surface area (Å²) in [4.78, 5) is 24.2. The van der Waals surface area contributed by atoms with E-state index in [9.17, 15) is 8.42 Å². The number of sulfonamides is 1. The van der Waals surface area contributed by atoms with Gasteiger partial charge in [-0.25, -0.2) is 32.7 Å². The van der Waals surface area contributed by atoms with Gasteiger partial charge in [0.1, 0.15) is 5.52 Å². The molecule has 0 unspecified atom stereocenters. The number of hydrogen-bond donors (Lipinski definition) is 2. The highest BCUT2D eigenvalue weighted by atomic mass is 32.2. The summed E-state index contributed by atoms with van der Waals surface area (Å²) < 4.78 is 25.9. The van der Waals surface area contributed by atoms with E-state index in [1.165, 1.54) is 6.26 Å². The van der Waals surface area contributed by atoms with Crippen molar-refractivity contribution >= 4 is 27.1 Å². The SMILES string of the molecule is CN1CCC(Nc2ncc(-c3cnc4[nH]ccc4n3)c(C[C@H]3CCCN(S(C)(=O)=O)C3)n2)CC1. The minimum absolute atomic E-state index is 0.192. The molecule has 11 heteroatoms. The van der Waals surface area contributed by atoms with Crippen LogP contribution in [-0.2, 0) is 16.4 Å². The van der Waals surface area contributed by atoms with E-state index < -0.39 is 10.0 Å². The number of aromatic amines is 1. The number of hydrogen-bond acceptors (Lipinski definition) is 8. The van der Waals surface area contributed by atoms with Gasteiger partial charge in [0.05, 0.1) is 23.8 Å². The van der Waals surface area contributed by atoms with Crippen LogP contribution in [-0.4, -0.2) is 88.1 Å². The van der Waals surface area contributed by atoms with E-state index in [2.05, 4.69) is 32.2 Å². The number of aromatic nitrogens is 5. The van der Waals surface area contributed by atoms with Gasteiger partial charge in [-0.3, -0.25) is 0 Å². The van der Waals surface area contributed by atoms with Crippen LogP contribution in [0.4, 0.5) is 5.95 Å². The zero-order valence-corrected chi connectivity index (χ0v) is 20.6. The molecule has 0 spiro atoms.